The molecule has 18 heteroatoms. The van der Waals surface area contributed by atoms with Gasteiger partial charge in [-0.15, -0.1) is 16.0 Å². The Morgan fingerprint density at radius 1 is 1.07 bits per heavy atom. The van der Waals surface area contributed by atoms with Crippen molar-refractivity contribution in [2.24, 2.45) is 0 Å². The Kier molecular flexibility index (Phi) is 13.2. The fraction of sp³-hybridized carbons (Fsp3) is 0.350. The van der Waals surface area contributed by atoms with Crippen molar-refractivity contribution in [1.29, 1.82) is 5.26 Å². The molecule has 3 heterocycles. The number of hydrogen-bond donors (Lipinski definition) is 1. The van der Waals surface area contributed by atoms with Crippen LogP contribution in [0.25, 0.3) is 11.3 Å². The lowest BCUT2D eigenvalue weighted by molar-refractivity contribution is -0.753. The van der Waals surface area contributed by atoms with Crippen LogP contribution in [0.4, 0.5) is 24.2 Å². The van der Waals surface area contributed by atoms with Crippen molar-refractivity contribution >= 4 is 35.3 Å². The minimum atomic E-state index is -2.07. The number of likely N-dealkylation sites (N-methyl/N-ethyl adjacent to an activating group) is 1. The summed E-state index contributed by atoms with van der Waals surface area (Å²) in [7, 11) is 2.83. The summed E-state index contributed by atoms with van der Waals surface area (Å²) in [5.41, 5.74) is -0.932. The summed E-state index contributed by atoms with van der Waals surface area (Å²) in [6, 6.07) is 14.9. The van der Waals surface area contributed by atoms with Gasteiger partial charge < -0.3 is 24.2 Å². The molecule has 5 rings (SSSR count). The van der Waals surface area contributed by atoms with E-state index in [1.807, 2.05) is 0 Å². The molecule has 2 aromatic carbocycles. The molecule has 0 saturated heterocycles. The molecule has 3 aromatic heterocycles. The second-order valence-corrected chi connectivity index (χ2v) is 15.3. The molecule has 304 valence electrons. The van der Waals surface area contributed by atoms with Crippen LogP contribution in [0.15, 0.2) is 78.8 Å². The number of carbonyl (C=O) groups is 3. The molecule has 0 bridgehead atoms. The monoisotopic (exact) mass is 817 g/mol. The van der Waals surface area contributed by atoms with Gasteiger partial charge in [-0.05, 0) is 57.2 Å². The number of ether oxygens (including phenoxy) is 3. The van der Waals surface area contributed by atoms with Crippen molar-refractivity contribution in [3.8, 4) is 17.3 Å². The van der Waals surface area contributed by atoms with Gasteiger partial charge in [0.25, 0.3) is 6.33 Å². The van der Waals surface area contributed by atoms with Gasteiger partial charge in [-0.25, -0.2) is 28.3 Å². The van der Waals surface area contributed by atoms with E-state index in [1.54, 1.807) is 76.4 Å². The van der Waals surface area contributed by atoms with Gasteiger partial charge in [-0.3, -0.25) is 9.69 Å². The first-order valence-electron chi connectivity index (χ1n) is 17.9. The van der Waals surface area contributed by atoms with Crippen LogP contribution in [0.2, 0.25) is 0 Å². The maximum absolute atomic E-state index is 15.4. The summed E-state index contributed by atoms with van der Waals surface area (Å²) in [6.07, 6.45) is 1.77. The van der Waals surface area contributed by atoms with Gasteiger partial charge in [0.15, 0.2) is 0 Å². The quantitative estimate of drug-likeness (QED) is 0.0810. The van der Waals surface area contributed by atoms with Crippen molar-refractivity contribution in [2.45, 2.75) is 71.1 Å². The van der Waals surface area contributed by atoms with E-state index in [1.165, 1.54) is 53.5 Å². The molecule has 1 unspecified atom stereocenters. The predicted molar refractivity (Wildman–Crippen MR) is 206 cm³/mol. The van der Waals surface area contributed by atoms with Gasteiger partial charge in [0.05, 0.1) is 22.3 Å². The number of nitrogens with zero attached hydrogens (tertiary/aromatic N) is 8. The molecular formula is C40H43F2N8O7S+. The maximum Gasteiger partial charge on any atom is 0.418 e. The zero-order valence-electron chi connectivity index (χ0n) is 32.9. The molecule has 58 heavy (non-hydrogen) atoms. The Balaban J connectivity index is 1.28. The van der Waals surface area contributed by atoms with Crippen molar-refractivity contribution in [3.63, 3.8) is 0 Å². The third kappa shape index (κ3) is 10.3. The summed E-state index contributed by atoms with van der Waals surface area (Å²) >= 11 is 1.23. The number of aromatic nitrogens is 5. The summed E-state index contributed by atoms with van der Waals surface area (Å²) in [6.45, 7) is 7.36. The summed E-state index contributed by atoms with van der Waals surface area (Å²) in [5, 5.41) is 28.0. The van der Waals surface area contributed by atoms with Crippen molar-refractivity contribution in [2.75, 3.05) is 25.5 Å². The molecule has 0 radical (unpaired) electrons. The fourth-order valence-corrected chi connectivity index (χ4v) is 6.67. The highest BCUT2D eigenvalue weighted by molar-refractivity contribution is 7.10. The third-order valence-electron chi connectivity index (χ3n) is 8.93. The number of carbonyl (C=O) groups excluding carboxylic acids is 3. The minimum absolute atomic E-state index is 0.148. The van der Waals surface area contributed by atoms with Crippen LogP contribution in [0, 0.1) is 23.0 Å². The Morgan fingerprint density at radius 2 is 1.79 bits per heavy atom. The minimum Gasteiger partial charge on any atom is -0.459 e. The molecule has 0 fully saturated rings. The standard InChI is InChI=1S/C40H43F2N8O7S/c1-25(36-46-33(21-58-36)28-12-10-27(18-43)11-13-28)40(54,31-17-30(41)14-15-32(31)42)22-50-24-49(23-45-50)26(2)56-38(53)48(7)35-29(9-8-16-44-35)20-55-34(51)19-47(6)37(52)57-39(3,4)5/h8-17,21,23-26,54H,19-20,22H2,1-7H3/q+1/t25-,26?,40-/m0/s1. The second kappa shape index (κ2) is 17.9. The highest BCUT2D eigenvalue weighted by Gasteiger charge is 2.43. The summed E-state index contributed by atoms with van der Waals surface area (Å²) < 4.78 is 49.0. The van der Waals surface area contributed by atoms with E-state index in [9.17, 15) is 23.9 Å². The molecule has 0 aliphatic rings. The molecule has 15 nitrogen and oxygen atoms in total. The van der Waals surface area contributed by atoms with Crippen LogP contribution >= 0.6 is 11.3 Å². The van der Waals surface area contributed by atoms with Gasteiger partial charge in [0.1, 0.15) is 48.4 Å². The van der Waals surface area contributed by atoms with Crippen LogP contribution < -0.4 is 9.47 Å². The lowest BCUT2D eigenvalue weighted by Crippen LogP contribution is -2.42. The number of amides is 2. The Labute approximate surface area is 337 Å². The summed E-state index contributed by atoms with van der Waals surface area (Å²) in [4.78, 5) is 49.3. The number of thiazole rings is 1. The zero-order valence-corrected chi connectivity index (χ0v) is 33.7. The number of hydrogen-bond acceptors (Lipinski definition) is 12. The fourth-order valence-electron chi connectivity index (χ4n) is 5.70. The average molecular weight is 818 g/mol. The van der Waals surface area contributed by atoms with Gasteiger partial charge in [-0.2, -0.15) is 9.83 Å². The molecule has 0 aliphatic heterocycles. The normalized spacial score (nSPS) is 13.4. The average Bonchev–Trinajstić information content (AvgIpc) is 3.87. The first-order chi connectivity index (χ1) is 27.4. The Bertz CT molecular complexity index is 2310. The maximum atomic E-state index is 15.4. The van der Waals surface area contributed by atoms with Gasteiger partial charge in [0, 0.05) is 60.3 Å². The molecular weight excluding hydrogens is 775 g/mol. The number of pyridine rings is 1. The number of benzene rings is 2. The van der Waals surface area contributed by atoms with E-state index in [0.29, 0.717) is 21.8 Å². The highest BCUT2D eigenvalue weighted by Crippen LogP contribution is 2.41. The van der Waals surface area contributed by atoms with Crippen molar-refractivity contribution in [3.05, 3.63) is 112 Å². The lowest BCUT2D eigenvalue weighted by Gasteiger charge is -2.32. The Hall–Kier alpha value is -6.32. The van der Waals surface area contributed by atoms with Crippen LogP contribution in [0.5, 0.6) is 0 Å². The van der Waals surface area contributed by atoms with E-state index in [-0.39, 0.29) is 31.1 Å². The second-order valence-electron chi connectivity index (χ2n) is 14.4. The highest BCUT2D eigenvalue weighted by atomic mass is 32.1. The topological polar surface area (TPSA) is 177 Å². The van der Waals surface area contributed by atoms with Gasteiger partial charge in [0.2, 0.25) is 12.6 Å². The first-order valence-corrected chi connectivity index (χ1v) is 18.8. The van der Waals surface area contributed by atoms with Gasteiger partial charge in [-0.1, -0.05) is 25.1 Å². The van der Waals surface area contributed by atoms with Crippen molar-refractivity contribution < 1.29 is 47.0 Å². The number of esters is 1. The number of anilines is 1. The molecule has 0 spiro atoms. The van der Waals surface area contributed by atoms with E-state index < -0.39 is 53.1 Å². The molecule has 2 amide bonds. The predicted octanol–water partition coefficient (Wildman–Crippen LogP) is 6.23. The number of nitriles is 1. The molecule has 1 N–H and O–H groups in total. The smallest absolute Gasteiger partial charge is 0.418 e. The largest absolute Gasteiger partial charge is 0.459 e. The third-order valence-corrected chi connectivity index (χ3v) is 9.95. The van der Waals surface area contributed by atoms with E-state index >= 15 is 4.39 Å². The lowest BCUT2D eigenvalue weighted by atomic mass is 9.82. The van der Waals surface area contributed by atoms with E-state index in [2.05, 4.69) is 16.2 Å². The number of aliphatic hydroxyl groups is 1. The van der Waals surface area contributed by atoms with Crippen LogP contribution in [0.3, 0.4) is 0 Å². The summed E-state index contributed by atoms with van der Waals surface area (Å²) in [5.74, 6) is -3.02. The van der Waals surface area contributed by atoms with E-state index in [0.717, 1.165) is 33.6 Å². The number of rotatable bonds is 13. The van der Waals surface area contributed by atoms with Crippen LogP contribution in [-0.2, 0) is 37.8 Å². The number of halogens is 2. The molecule has 3 atom stereocenters. The molecule has 0 aliphatic carbocycles. The zero-order chi connectivity index (χ0) is 42.4. The van der Waals surface area contributed by atoms with Crippen molar-refractivity contribution in [1.82, 2.24) is 24.6 Å². The Morgan fingerprint density at radius 3 is 2.48 bits per heavy atom. The SMILES string of the molecule is CC(OC(=O)N(C)c1ncccc1COC(=O)CN(C)C(=O)OC(C)(C)C)[n+]1cnn(C[C@@](O)(c2cc(F)ccc2F)[C@@H](C)c2nc(-c3ccc(C#N)cc3)cs2)c1. The molecule has 0 saturated carbocycles. The molecule has 5 aromatic rings. The van der Waals surface area contributed by atoms with Crippen LogP contribution in [0.1, 0.15) is 68.5 Å². The van der Waals surface area contributed by atoms with E-state index in [4.69, 9.17) is 24.5 Å². The van der Waals surface area contributed by atoms with Crippen LogP contribution in [-0.4, -0.2) is 74.2 Å². The first kappa shape index (κ1) is 42.8. The van der Waals surface area contributed by atoms with Gasteiger partial charge >= 0.3 is 18.2 Å².